The molecule has 13 heterocycles. The topological polar surface area (TPSA) is 235 Å². The maximum absolute atomic E-state index is 14.0. The first-order valence-electron chi connectivity index (χ1n) is 44.0. The molecule has 714 valence electrons. The molecule has 22 nitrogen and oxygen atoms in total. The van der Waals surface area contributed by atoms with Crippen LogP contribution in [0.3, 0.4) is 0 Å². The van der Waals surface area contributed by atoms with E-state index in [2.05, 4.69) is 76.3 Å². The molecule has 1 saturated carbocycles. The number of hydrogen-bond donors (Lipinski definition) is 4. The molecule has 18 rings (SSSR count). The fourth-order valence-electron chi connectivity index (χ4n) is 19.6. The molecule has 6 fully saturated rings. The lowest BCUT2D eigenvalue weighted by Crippen LogP contribution is -2.50. The summed E-state index contributed by atoms with van der Waals surface area (Å²) in [6.45, 7) is 18.1. The normalized spacial score (nSPS) is 19.1. The van der Waals surface area contributed by atoms with E-state index in [0.29, 0.717) is 80.6 Å². The van der Waals surface area contributed by atoms with Crippen LogP contribution in [0.1, 0.15) is 247 Å². The molecule has 8 aromatic rings. The van der Waals surface area contributed by atoms with Crippen LogP contribution in [-0.2, 0) is 86.1 Å². The fraction of sp³-hybridized carbons (Fsp3) is 0.544. The van der Waals surface area contributed by atoms with E-state index in [1.165, 1.54) is 24.7 Å². The number of carbonyl (C=O) groups excluding carboxylic acids is 5. The Labute approximate surface area is 744 Å². The third kappa shape index (κ3) is 20.9. The molecule has 4 aromatic carbocycles. The summed E-state index contributed by atoms with van der Waals surface area (Å²) < 4.78 is 276. The van der Waals surface area contributed by atoms with Crippen LogP contribution in [0.25, 0.3) is 0 Å². The van der Waals surface area contributed by atoms with E-state index >= 15 is 0 Å². The first kappa shape index (κ1) is 96.1. The van der Waals surface area contributed by atoms with Crippen LogP contribution in [0.5, 0.6) is 0 Å². The largest absolute Gasteiger partial charge is 0.419 e. The van der Waals surface area contributed by atoms with Gasteiger partial charge in [-0.15, -0.1) is 0 Å². The maximum atomic E-state index is 14.0. The number of nitrogens with one attached hydrogen (secondary N) is 4. The molecule has 9 aliphatic heterocycles. The molecule has 1 aliphatic carbocycles. The standard InChI is InChI=1S/C24H29F5N4O.C23H25F5N4O.C22H23F5N4O2.C21H21F5N4O2/c1-23(2,3)13-32-9-8-18-16(12-32)21(31-30-18)22(34)33-10-6-14(7-11-33)15-4-5-17(25)20(26)19(15)24(27,28)29;24-17-4-3-15(19(20(17)25)23(26,27)28)14-5-9-32(10-6-14)22(33)21-16-12-31(11-13-1-2-13)8-7-18(16)29-30-21;23-16-2-1-14(18(19(16)24)22(25,26)27)12-3-6-30(7-4-12)21(32)20-15-9-31(13-10-33-11-13)8-5-17(15)28-29-20;1-11(31)30-9-6-16-14(10-30)19(28-27-16)20(32)29-7-4-12(5-8-29)13-2-3-15(22)18(23)17(13)21(24,25)26/h4-5,14H,6-13H2,1-3H3,(H,30,31);3-4,13-14H,1-2,5-12H2,(H,29,30);1-2,12-13H,3-11H2,(H,28,29);2-3,12H,4-10H2,1H3,(H,27,28). The van der Waals surface area contributed by atoms with Crippen LogP contribution in [-0.4, -0.2) is 220 Å². The van der Waals surface area contributed by atoms with Gasteiger partial charge < -0.3 is 29.2 Å². The van der Waals surface area contributed by atoms with Crippen LogP contribution in [0.15, 0.2) is 48.5 Å². The third-order valence-electron chi connectivity index (χ3n) is 26.8. The van der Waals surface area contributed by atoms with Gasteiger partial charge in [-0.25, -0.2) is 35.1 Å². The molecular formula is C90H98F20N16O6. The monoisotopic (exact) mass is 1880 g/mol. The Hall–Kier alpha value is -10.5. The number of ether oxygens (including phenoxy) is 1. The van der Waals surface area contributed by atoms with Gasteiger partial charge in [0.05, 0.1) is 41.5 Å². The summed E-state index contributed by atoms with van der Waals surface area (Å²) in [5.74, 6) is -16.6. The number of H-pyrrole nitrogens is 4. The average Bonchev–Trinajstić information content (AvgIpc) is 1.39. The van der Waals surface area contributed by atoms with Gasteiger partial charge in [0, 0.05) is 195 Å². The second-order valence-electron chi connectivity index (χ2n) is 36.7. The number of nitrogens with zero attached hydrogens (tertiary/aromatic N) is 12. The summed E-state index contributed by atoms with van der Waals surface area (Å²) in [5, 5.41) is 28.6. The van der Waals surface area contributed by atoms with Crippen molar-refractivity contribution in [3.63, 3.8) is 0 Å². The van der Waals surface area contributed by atoms with E-state index in [1.807, 2.05) is 0 Å². The summed E-state index contributed by atoms with van der Waals surface area (Å²) in [6.07, 6.45) is -12.9. The third-order valence-corrected chi connectivity index (χ3v) is 26.8. The van der Waals surface area contributed by atoms with Gasteiger partial charge in [0.2, 0.25) is 5.91 Å². The zero-order valence-electron chi connectivity index (χ0n) is 72.5. The molecule has 5 saturated heterocycles. The van der Waals surface area contributed by atoms with Gasteiger partial charge in [0.1, 0.15) is 0 Å². The quantitative estimate of drug-likeness (QED) is 0.0834. The second-order valence-corrected chi connectivity index (χ2v) is 36.7. The lowest BCUT2D eigenvalue weighted by Gasteiger charge is -2.39. The molecule has 4 aromatic heterocycles. The Morgan fingerprint density at radius 2 is 0.636 bits per heavy atom. The van der Waals surface area contributed by atoms with Crippen molar-refractivity contribution in [2.75, 3.05) is 105 Å². The number of halogens is 20. The van der Waals surface area contributed by atoms with Crippen molar-refractivity contribution >= 4 is 29.5 Å². The van der Waals surface area contributed by atoms with Crippen molar-refractivity contribution in [3.05, 3.63) is 207 Å². The minimum Gasteiger partial charge on any atom is -0.378 e. The number of carbonyl (C=O) groups is 5. The van der Waals surface area contributed by atoms with Crippen LogP contribution in [0.4, 0.5) is 87.8 Å². The molecule has 0 unspecified atom stereocenters. The minimum absolute atomic E-state index is 0.108. The first-order valence-corrected chi connectivity index (χ1v) is 44.0. The number of piperidine rings is 4. The highest BCUT2D eigenvalue weighted by Gasteiger charge is 2.48. The molecule has 5 amide bonds. The van der Waals surface area contributed by atoms with E-state index in [9.17, 15) is 112 Å². The average molecular weight is 1880 g/mol. The van der Waals surface area contributed by atoms with E-state index < -0.39 is 117 Å². The van der Waals surface area contributed by atoms with E-state index in [4.69, 9.17) is 4.74 Å². The molecule has 0 atom stereocenters. The number of rotatable bonds is 12. The smallest absolute Gasteiger partial charge is 0.378 e. The maximum Gasteiger partial charge on any atom is 0.419 e. The predicted octanol–water partition coefficient (Wildman–Crippen LogP) is 16.7. The number of fused-ring (bicyclic) bond motifs is 4. The van der Waals surface area contributed by atoms with Crippen molar-refractivity contribution in [3.8, 4) is 0 Å². The van der Waals surface area contributed by atoms with Gasteiger partial charge in [-0.1, -0.05) is 45.0 Å². The molecule has 0 radical (unpaired) electrons. The number of alkyl halides is 12. The summed E-state index contributed by atoms with van der Waals surface area (Å²) in [4.78, 5) is 79.1. The van der Waals surface area contributed by atoms with E-state index in [-0.39, 0.29) is 173 Å². The molecular weight excluding hydrogens is 1780 g/mol. The Bertz CT molecular complexity index is 5580. The summed E-state index contributed by atoms with van der Waals surface area (Å²) in [6, 6.07) is 7.25. The molecule has 42 heteroatoms. The molecule has 132 heavy (non-hydrogen) atoms. The molecule has 10 aliphatic rings. The lowest BCUT2D eigenvalue weighted by atomic mass is 9.85. The number of aromatic nitrogens is 8. The highest BCUT2D eigenvalue weighted by atomic mass is 19.4. The highest BCUT2D eigenvalue weighted by molar-refractivity contribution is 5.96. The Morgan fingerprint density at radius 1 is 0.356 bits per heavy atom. The number of benzene rings is 4. The second kappa shape index (κ2) is 38.5. The number of likely N-dealkylation sites (tertiary alicyclic amines) is 4. The highest BCUT2D eigenvalue weighted by Crippen LogP contribution is 2.48. The first-order chi connectivity index (χ1) is 62.4. The zero-order chi connectivity index (χ0) is 94.7. The number of amides is 5. The van der Waals surface area contributed by atoms with Crippen molar-refractivity contribution in [1.29, 1.82) is 0 Å². The number of hydrogen-bond acceptors (Lipinski definition) is 13. The van der Waals surface area contributed by atoms with Gasteiger partial charge in [-0.05, 0) is 146 Å². The van der Waals surface area contributed by atoms with Crippen molar-refractivity contribution < 1.29 is 117 Å². The lowest BCUT2D eigenvalue weighted by molar-refractivity contribution is -0.142. The van der Waals surface area contributed by atoms with Crippen molar-refractivity contribution in [1.82, 2.24) is 80.0 Å². The summed E-state index contributed by atoms with van der Waals surface area (Å²) in [7, 11) is 0. The van der Waals surface area contributed by atoms with Gasteiger partial charge in [0.25, 0.3) is 23.6 Å². The minimum atomic E-state index is -5.02. The van der Waals surface area contributed by atoms with Crippen LogP contribution >= 0.6 is 0 Å². The predicted molar refractivity (Wildman–Crippen MR) is 435 cm³/mol. The van der Waals surface area contributed by atoms with Crippen LogP contribution in [0.2, 0.25) is 0 Å². The molecule has 4 N–H and O–H groups in total. The van der Waals surface area contributed by atoms with Crippen LogP contribution < -0.4 is 0 Å². The van der Waals surface area contributed by atoms with Gasteiger partial charge in [-0.2, -0.15) is 73.1 Å². The Balaban J connectivity index is 0.000000135. The summed E-state index contributed by atoms with van der Waals surface area (Å²) >= 11 is 0. The van der Waals surface area contributed by atoms with Gasteiger partial charge >= 0.3 is 24.7 Å². The van der Waals surface area contributed by atoms with E-state index in [0.717, 1.165) is 140 Å². The summed E-state index contributed by atoms with van der Waals surface area (Å²) in [5.41, 5.74) is 1.07. The number of aromatic amines is 4. The van der Waals surface area contributed by atoms with Gasteiger partial charge in [0.15, 0.2) is 69.3 Å². The SMILES string of the molecule is CC(=O)N1CCc2[nH]nc(C(=O)N3CCC(c4ccc(F)c(F)c4C(F)(F)F)CC3)c2C1.CC(C)(C)CN1CCc2[nH]nc(C(=O)N3CCC(c4ccc(F)c(F)c4C(F)(F)F)CC3)c2C1.O=C(c1n[nH]c2c1CN(C1COC1)CC2)N1CCC(c2ccc(F)c(F)c2C(F)(F)F)CC1.O=C(c1n[nH]c2c1CN(CC1CC1)CC2)N1CCC(c2ccc(F)c(F)c2C(F)(F)F)CC1. The van der Waals surface area contributed by atoms with Crippen molar-refractivity contribution in [2.24, 2.45) is 11.3 Å². The zero-order valence-corrected chi connectivity index (χ0v) is 72.5. The van der Waals surface area contributed by atoms with Crippen molar-refractivity contribution in [2.45, 2.75) is 198 Å². The van der Waals surface area contributed by atoms with Gasteiger partial charge in [-0.3, -0.25) is 59.1 Å². The Morgan fingerprint density at radius 3 is 0.917 bits per heavy atom. The van der Waals surface area contributed by atoms with E-state index in [1.54, 1.807) is 19.6 Å². The van der Waals surface area contributed by atoms with Crippen LogP contribution in [0, 0.1) is 57.9 Å². The molecule has 0 spiro atoms. The Kier molecular flexibility index (Phi) is 28.0. The molecule has 0 bridgehead atoms. The fourth-order valence-corrected chi connectivity index (χ4v) is 19.6.